The summed E-state index contributed by atoms with van der Waals surface area (Å²) in [5, 5.41) is 1.84. The Balaban J connectivity index is 2.13. The molecule has 2 amide bonds. The summed E-state index contributed by atoms with van der Waals surface area (Å²) in [7, 11) is 0. The van der Waals surface area contributed by atoms with E-state index in [2.05, 4.69) is 0 Å². The minimum atomic E-state index is -5.26. The molecule has 10 heteroatoms. The number of alkyl halides is 3. The zero-order valence-electron chi connectivity index (χ0n) is 16.9. The van der Waals surface area contributed by atoms with Gasteiger partial charge in [-0.2, -0.15) is 13.2 Å². The van der Waals surface area contributed by atoms with Crippen LogP contribution >= 0.6 is 23.2 Å². The lowest BCUT2D eigenvalue weighted by atomic mass is 9.86. The number of benzene rings is 1. The van der Waals surface area contributed by atoms with Gasteiger partial charge in [0.2, 0.25) is 5.54 Å². The summed E-state index contributed by atoms with van der Waals surface area (Å²) in [5.74, 6) is -3.54. The molecule has 2 aliphatic rings. The van der Waals surface area contributed by atoms with E-state index in [0.717, 1.165) is 37.2 Å². The molecule has 5 nitrogen and oxygen atoms in total. The number of hydrogen-bond acceptors (Lipinski definition) is 3. The van der Waals surface area contributed by atoms with Crippen molar-refractivity contribution in [1.29, 1.82) is 0 Å². The summed E-state index contributed by atoms with van der Waals surface area (Å²) in [6.07, 6.45) is -1.74. The molecule has 1 aromatic carbocycles. The Morgan fingerprint density at radius 3 is 2.29 bits per heavy atom. The number of nitrogens with zero attached hydrogens (tertiary/aromatic N) is 1. The van der Waals surface area contributed by atoms with Crippen molar-refractivity contribution in [1.82, 2.24) is 10.2 Å². The van der Waals surface area contributed by atoms with Gasteiger partial charge in [-0.05, 0) is 44.9 Å². The monoisotopic (exact) mass is 476 g/mol. The molecule has 0 spiro atoms. The van der Waals surface area contributed by atoms with Gasteiger partial charge in [-0.1, -0.05) is 42.5 Å². The minimum absolute atomic E-state index is 0.0794. The lowest BCUT2D eigenvalue weighted by molar-refractivity contribution is -0.191. The Bertz CT molecular complexity index is 971. The van der Waals surface area contributed by atoms with Gasteiger partial charge >= 0.3 is 6.18 Å². The summed E-state index contributed by atoms with van der Waals surface area (Å²) < 4.78 is 43.6. The average Bonchev–Trinajstić information content (AvgIpc) is 2.89. The maximum absolute atomic E-state index is 14.5. The molecule has 31 heavy (non-hydrogen) atoms. The smallest absolute Gasteiger partial charge is 0.326 e. The summed E-state index contributed by atoms with van der Waals surface area (Å²) >= 11 is 11.8. The number of ketones is 1. The van der Waals surface area contributed by atoms with Crippen molar-refractivity contribution in [3.8, 4) is 0 Å². The molecule has 1 heterocycles. The highest BCUT2D eigenvalue weighted by Crippen LogP contribution is 2.47. The predicted octanol–water partition coefficient (Wildman–Crippen LogP) is 5.06. The van der Waals surface area contributed by atoms with E-state index in [1.165, 1.54) is 19.1 Å². The first kappa shape index (κ1) is 23.6. The lowest BCUT2D eigenvalue weighted by Crippen LogP contribution is -2.66. The quantitative estimate of drug-likeness (QED) is 0.659. The molecule has 1 aliphatic heterocycles. The molecule has 1 saturated carbocycles. The average molecular weight is 477 g/mol. The number of Topliss-reactive ketones (excluding diaryl/α,β-unsaturated/α-hetero) is 1. The second-order valence-electron chi connectivity index (χ2n) is 7.81. The Hall–Kier alpha value is -2.06. The van der Waals surface area contributed by atoms with Gasteiger partial charge in [0.05, 0.1) is 16.2 Å². The molecule has 0 bridgehead atoms. The minimum Gasteiger partial charge on any atom is -0.326 e. The van der Waals surface area contributed by atoms with Crippen LogP contribution in [0, 0.1) is 0 Å². The van der Waals surface area contributed by atoms with Crippen LogP contribution in [0.5, 0.6) is 0 Å². The number of carbonyl (C=O) groups is 3. The van der Waals surface area contributed by atoms with Crippen LogP contribution in [0.1, 0.15) is 56.3 Å². The van der Waals surface area contributed by atoms with Gasteiger partial charge in [0.25, 0.3) is 11.8 Å². The Kier molecular flexibility index (Phi) is 6.45. The molecule has 1 aliphatic carbocycles. The fraction of sp³-hybridized carbons (Fsp3) is 0.476. The molecule has 1 aromatic rings. The van der Waals surface area contributed by atoms with Gasteiger partial charge in [0.15, 0.2) is 5.78 Å². The van der Waals surface area contributed by atoms with Crippen molar-refractivity contribution in [3.05, 3.63) is 45.1 Å². The van der Waals surface area contributed by atoms with Crippen LogP contribution in [-0.4, -0.2) is 40.3 Å². The van der Waals surface area contributed by atoms with Crippen LogP contribution in [0.15, 0.2) is 29.5 Å². The summed E-state index contributed by atoms with van der Waals surface area (Å²) in [6, 6.07) is 3.19. The van der Waals surface area contributed by atoms with Gasteiger partial charge in [0, 0.05) is 16.8 Å². The normalized spacial score (nSPS) is 22.8. The van der Waals surface area contributed by atoms with Crippen LogP contribution in [-0.2, 0) is 9.59 Å². The number of nitrogens with one attached hydrogen (secondary N) is 1. The Morgan fingerprint density at radius 1 is 1.16 bits per heavy atom. The van der Waals surface area contributed by atoms with Gasteiger partial charge in [-0.3, -0.25) is 14.4 Å². The van der Waals surface area contributed by atoms with E-state index in [0.29, 0.717) is 12.8 Å². The van der Waals surface area contributed by atoms with E-state index in [-0.39, 0.29) is 21.3 Å². The standard InChI is InChI=1S/C21H21Cl2F3N2O3/c1-11-17(12(2)29)20(21(24,25)26,19(31)28(11)14-6-4-3-5-7-14)27-18(30)15-9-8-13(22)10-16(15)23/h8-10,14H,3-7H2,1-2H3,(H,27,30). The molecule has 1 atom stereocenters. The predicted molar refractivity (Wildman–Crippen MR) is 110 cm³/mol. The highest BCUT2D eigenvalue weighted by atomic mass is 35.5. The van der Waals surface area contributed by atoms with E-state index >= 15 is 0 Å². The highest BCUT2D eigenvalue weighted by molar-refractivity contribution is 6.36. The molecule has 0 saturated heterocycles. The number of amides is 2. The van der Waals surface area contributed by atoms with Gasteiger partial charge in [-0.25, -0.2) is 0 Å². The first-order valence-electron chi connectivity index (χ1n) is 9.82. The largest absolute Gasteiger partial charge is 0.425 e. The van der Waals surface area contributed by atoms with Crippen molar-refractivity contribution in [2.75, 3.05) is 0 Å². The summed E-state index contributed by atoms with van der Waals surface area (Å²) in [6.45, 7) is 2.27. The van der Waals surface area contributed by atoms with E-state index in [1.807, 2.05) is 5.32 Å². The van der Waals surface area contributed by atoms with Crippen LogP contribution in [0.25, 0.3) is 0 Å². The number of carbonyl (C=O) groups excluding carboxylic acids is 3. The van der Waals surface area contributed by atoms with E-state index in [1.54, 1.807) is 0 Å². The SMILES string of the molecule is CC(=O)C1=C(C)N(C2CCCCC2)C(=O)C1(NC(=O)c1ccc(Cl)cc1Cl)C(F)(F)F. The van der Waals surface area contributed by atoms with Gasteiger partial charge < -0.3 is 10.2 Å². The molecule has 168 valence electrons. The fourth-order valence-corrected chi connectivity index (χ4v) is 4.98. The van der Waals surface area contributed by atoms with Crippen molar-refractivity contribution in [3.63, 3.8) is 0 Å². The highest BCUT2D eigenvalue weighted by Gasteiger charge is 2.70. The molecule has 1 unspecified atom stereocenters. The van der Waals surface area contributed by atoms with Crippen LogP contribution in [0.4, 0.5) is 13.2 Å². The van der Waals surface area contributed by atoms with Crippen LogP contribution < -0.4 is 5.32 Å². The first-order valence-corrected chi connectivity index (χ1v) is 10.6. The summed E-state index contributed by atoms with van der Waals surface area (Å²) in [5.41, 5.74) is -4.63. The third-order valence-electron chi connectivity index (χ3n) is 5.83. The number of hydrogen-bond donors (Lipinski definition) is 1. The molecule has 0 radical (unpaired) electrons. The molecule has 1 N–H and O–H groups in total. The van der Waals surface area contributed by atoms with Crippen LogP contribution in [0.3, 0.4) is 0 Å². The maximum atomic E-state index is 14.5. The van der Waals surface area contributed by atoms with Crippen molar-refractivity contribution >= 4 is 40.8 Å². The topological polar surface area (TPSA) is 66.5 Å². The zero-order valence-corrected chi connectivity index (χ0v) is 18.4. The number of rotatable bonds is 4. The van der Waals surface area contributed by atoms with Crippen molar-refractivity contribution in [2.24, 2.45) is 0 Å². The Morgan fingerprint density at radius 2 is 1.77 bits per heavy atom. The number of allylic oxidation sites excluding steroid dienone is 1. The van der Waals surface area contributed by atoms with Crippen molar-refractivity contribution in [2.45, 2.75) is 63.7 Å². The van der Waals surface area contributed by atoms with Crippen molar-refractivity contribution < 1.29 is 27.6 Å². The lowest BCUT2D eigenvalue weighted by Gasteiger charge is -2.36. The van der Waals surface area contributed by atoms with E-state index in [4.69, 9.17) is 23.2 Å². The van der Waals surface area contributed by atoms with E-state index < -0.39 is 40.9 Å². The second-order valence-corrected chi connectivity index (χ2v) is 8.65. The second kappa shape index (κ2) is 8.47. The molecule has 1 fully saturated rings. The molecule has 3 rings (SSSR count). The number of halogens is 5. The molecular weight excluding hydrogens is 456 g/mol. The first-order chi connectivity index (χ1) is 14.4. The third-order valence-corrected chi connectivity index (χ3v) is 6.38. The summed E-state index contributed by atoms with van der Waals surface area (Å²) in [4.78, 5) is 39.6. The van der Waals surface area contributed by atoms with Gasteiger partial charge in [0.1, 0.15) is 0 Å². The van der Waals surface area contributed by atoms with Crippen LogP contribution in [0.2, 0.25) is 10.0 Å². The molecule has 0 aromatic heterocycles. The maximum Gasteiger partial charge on any atom is 0.425 e. The fourth-order valence-electron chi connectivity index (χ4n) is 4.49. The Labute approximate surface area is 187 Å². The molecular formula is C21H21Cl2F3N2O3. The van der Waals surface area contributed by atoms with Gasteiger partial charge in [-0.15, -0.1) is 0 Å². The third kappa shape index (κ3) is 3.96. The van der Waals surface area contributed by atoms with E-state index in [9.17, 15) is 27.6 Å². The zero-order chi connectivity index (χ0) is 23.1.